The van der Waals surface area contributed by atoms with Gasteiger partial charge >= 0.3 is 0 Å². The molecule has 0 bridgehead atoms. The summed E-state index contributed by atoms with van der Waals surface area (Å²) < 4.78 is 0. The first-order valence-electron chi connectivity index (χ1n) is 8.57. The highest BCUT2D eigenvalue weighted by atomic mass is 16.2. The van der Waals surface area contributed by atoms with E-state index in [1.165, 1.54) is 6.42 Å². The lowest BCUT2D eigenvalue weighted by Gasteiger charge is -2.31. The van der Waals surface area contributed by atoms with E-state index in [0.717, 1.165) is 50.5 Å². The number of guanidine groups is 1. The standard InChI is InChI=1S/C17H34N4O/c1-14(2)9-8-12-19-16(18-3)20-13-17(10-6-7-11-17)15(22)21(4)5/h14H,6-13H2,1-5H3,(H2,18,19,20). The average molecular weight is 310 g/mol. The van der Waals surface area contributed by atoms with Crippen molar-refractivity contribution in [2.24, 2.45) is 16.3 Å². The van der Waals surface area contributed by atoms with Crippen LogP contribution in [-0.4, -0.2) is 51.0 Å². The van der Waals surface area contributed by atoms with Gasteiger partial charge in [0.05, 0.1) is 5.41 Å². The summed E-state index contributed by atoms with van der Waals surface area (Å²) >= 11 is 0. The quantitative estimate of drug-likeness (QED) is 0.431. The van der Waals surface area contributed by atoms with Crippen molar-refractivity contribution in [1.29, 1.82) is 0 Å². The monoisotopic (exact) mass is 310 g/mol. The molecule has 0 heterocycles. The zero-order valence-corrected chi connectivity index (χ0v) is 15.0. The van der Waals surface area contributed by atoms with E-state index in [0.29, 0.717) is 6.54 Å². The molecule has 0 aliphatic heterocycles. The average Bonchev–Trinajstić information content (AvgIpc) is 2.95. The van der Waals surface area contributed by atoms with Crippen molar-refractivity contribution in [3.05, 3.63) is 0 Å². The highest BCUT2D eigenvalue weighted by molar-refractivity contribution is 5.85. The number of carbonyl (C=O) groups excluding carboxylic acids is 1. The van der Waals surface area contributed by atoms with E-state index in [2.05, 4.69) is 29.5 Å². The third kappa shape index (κ3) is 5.50. The topological polar surface area (TPSA) is 56.7 Å². The van der Waals surface area contributed by atoms with Gasteiger partial charge in [0.25, 0.3) is 0 Å². The summed E-state index contributed by atoms with van der Waals surface area (Å²) in [5, 5.41) is 6.72. The third-order valence-corrected chi connectivity index (χ3v) is 4.49. The molecule has 1 saturated carbocycles. The van der Waals surface area contributed by atoms with Crippen LogP contribution in [0.15, 0.2) is 4.99 Å². The van der Waals surface area contributed by atoms with Crippen molar-refractivity contribution in [2.75, 3.05) is 34.2 Å². The number of nitrogens with one attached hydrogen (secondary N) is 2. The summed E-state index contributed by atoms with van der Waals surface area (Å²) in [6.45, 7) is 6.08. The van der Waals surface area contributed by atoms with Crippen molar-refractivity contribution < 1.29 is 4.79 Å². The van der Waals surface area contributed by atoms with Crippen LogP contribution >= 0.6 is 0 Å². The molecule has 128 valence electrons. The van der Waals surface area contributed by atoms with Crippen molar-refractivity contribution in [3.63, 3.8) is 0 Å². The molecule has 5 nitrogen and oxygen atoms in total. The molecule has 0 radical (unpaired) electrons. The predicted molar refractivity (Wildman–Crippen MR) is 93.0 cm³/mol. The molecule has 2 N–H and O–H groups in total. The summed E-state index contributed by atoms with van der Waals surface area (Å²) in [5.74, 6) is 1.78. The lowest BCUT2D eigenvalue weighted by molar-refractivity contribution is -0.138. The van der Waals surface area contributed by atoms with Gasteiger partial charge < -0.3 is 15.5 Å². The molecule has 0 atom stereocenters. The van der Waals surface area contributed by atoms with Crippen LogP contribution in [-0.2, 0) is 4.79 Å². The zero-order chi connectivity index (χ0) is 16.6. The maximum absolute atomic E-state index is 12.5. The van der Waals surface area contributed by atoms with Crippen LogP contribution in [0.25, 0.3) is 0 Å². The molecule has 1 aliphatic carbocycles. The Morgan fingerprint density at radius 1 is 1.23 bits per heavy atom. The molecular formula is C17H34N4O. The second kappa shape index (κ2) is 9.01. The molecule has 0 aromatic heterocycles. The number of hydrogen-bond donors (Lipinski definition) is 2. The second-order valence-electron chi connectivity index (χ2n) is 7.08. The molecule has 1 aliphatic rings. The van der Waals surface area contributed by atoms with E-state index in [9.17, 15) is 4.79 Å². The Labute approximate surface area is 135 Å². The molecule has 1 fully saturated rings. The fourth-order valence-corrected chi connectivity index (χ4v) is 3.18. The minimum Gasteiger partial charge on any atom is -0.356 e. The van der Waals surface area contributed by atoms with Gasteiger partial charge in [0.2, 0.25) is 5.91 Å². The summed E-state index contributed by atoms with van der Waals surface area (Å²) in [6.07, 6.45) is 6.58. The van der Waals surface area contributed by atoms with E-state index >= 15 is 0 Å². The zero-order valence-electron chi connectivity index (χ0n) is 15.0. The number of rotatable bonds is 7. The first kappa shape index (κ1) is 18.8. The Kier molecular flexibility index (Phi) is 7.69. The highest BCUT2D eigenvalue weighted by Gasteiger charge is 2.42. The largest absolute Gasteiger partial charge is 0.356 e. The van der Waals surface area contributed by atoms with Gasteiger partial charge in [0.1, 0.15) is 0 Å². The van der Waals surface area contributed by atoms with Crippen LogP contribution in [0.4, 0.5) is 0 Å². The molecule has 0 saturated heterocycles. The molecule has 0 aromatic rings. The maximum atomic E-state index is 12.5. The smallest absolute Gasteiger partial charge is 0.230 e. The van der Waals surface area contributed by atoms with E-state index in [4.69, 9.17) is 0 Å². The van der Waals surface area contributed by atoms with Crippen LogP contribution in [0.3, 0.4) is 0 Å². The Morgan fingerprint density at radius 2 is 1.86 bits per heavy atom. The van der Waals surface area contributed by atoms with Crippen molar-refractivity contribution >= 4 is 11.9 Å². The number of carbonyl (C=O) groups is 1. The van der Waals surface area contributed by atoms with E-state index in [1.54, 1.807) is 11.9 Å². The van der Waals surface area contributed by atoms with Crippen molar-refractivity contribution in [1.82, 2.24) is 15.5 Å². The van der Waals surface area contributed by atoms with Gasteiger partial charge in [-0.05, 0) is 31.6 Å². The summed E-state index contributed by atoms with van der Waals surface area (Å²) in [4.78, 5) is 18.5. The number of nitrogens with zero attached hydrogens (tertiary/aromatic N) is 2. The number of amides is 1. The minimum atomic E-state index is -0.251. The van der Waals surface area contributed by atoms with E-state index in [1.807, 2.05) is 14.1 Å². The summed E-state index contributed by atoms with van der Waals surface area (Å²) in [7, 11) is 5.48. The maximum Gasteiger partial charge on any atom is 0.230 e. The van der Waals surface area contributed by atoms with Gasteiger partial charge in [-0.1, -0.05) is 26.7 Å². The fraction of sp³-hybridized carbons (Fsp3) is 0.882. The lowest BCUT2D eigenvalue weighted by atomic mass is 9.84. The van der Waals surface area contributed by atoms with Gasteiger partial charge in [0, 0.05) is 34.2 Å². The molecule has 0 unspecified atom stereocenters. The molecule has 1 rings (SSSR count). The first-order chi connectivity index (χ1) is 10.4. The Bertz CT molecular complexity index is 371. The van der Waals surface area contributed by atoms with E-state index in [-0.39, 0.29) is 11.3 Å². The minimum absolute atomic E-state index is 0.243. The molecule has 22 heavy (non-hydrogen) atoms. The Balaban J connectivity index is 2.48. The van der Waals surface area contributed by atoms with Gasteiger partial charge in [-0.15, -0.1) is 0 Å². The Morgan fingerprint density at radius 3 is 2.36 bits per heavy atom. The highest BCUT2D eigenvalue weighted by Crippen LogP contribution is 2.38. The summed E-state index contributed by atoms with van der Waals surface area (Å²) in [5.41, 5.74) is -0.251. The van der Waals surface area contributed by atoms with Gasteiger partial charge in [-0.25, -0.2) is 0 Å². The van der Waals surface area contributed by atoms with Crippen LogP contribution in [0.5, 0.6) is 0 Å². The molecule has 5 heteroatoms. The van der Waals surface area contributed by atoms with Crippen LogP contribution in [0.2, 0.25) is 0 Å². The molecule has 1 amide bonds. The van der Waals surface area contributed by atoms with Crippen molar-refractivity contribution in [3.8, 4) is 0 Å². The van der Waals surface area contributed by atoms with Crippen molar-refractivity contribution in [2.45, 2.75) is 52.4 Å². The van der Waals surface area contributed by atoms with Gasteiger partial charge in [-0.2, -0.15) is 0 Å². The van der Waals surface area contributed by atoms with Gasteiger partial charge in [0.15, 0.2) is 5.96 Å². The van der Waals surface area contributed by atoms with Gasteiger partial charge in [-0.3, -0.25) is 9.79 Å². The number of hydrogen-bond acceptors (Lipinski definition) is 2. The van der Waals surface area contributed by atoms with Crippen LogP contribution < -0.4 is 10.6 Å². The van der Waals surface area contributed by atoms with Crippen LogP contribution in [0.1, 0.15) is 52.4 Å². The first-order valence-corrected chi connectivity index (χ1v) is 8.57. The lowest BCUT2D eigenvalue weighted by Crippen LogP contribution is -2.49. The second-order valence-corrected chi connectivity index (χ2v) is 7.08. The predicted octanol–water partition coefficient (Wildman–Crippen LogP) is 2.24. The Hall–Kier alpha value is -1.26. The van der Waals surface area contributed by atoms with E-state index < -0.39 is 0 Å². The molecular weight excluding hydrogens is 276 g/mol. The normalized spacial score (nSPS) is 17.6. The fourth-order valence-electron chi connectivity index (χ4n) is 3.18. The number of aliphatic imine (C=N–C) groups is 1. The molecule has 0 aromatic carbocycles. The third-order valence-electron chi connectivity index (χ3n) is 4.49. The molecule has 0 spiro atoms. The SMILES string of the molecule is CN=C(NCCCC(C)C)NCC1(C(=O)N(C)C)CCCC1. The van der Waals surface area contributed by atoms with Crippen LogP contribution in [0, 0.1) is 11.3 Å². The summed E-state index contributed by atoms with van der Waals surface area (Å²) in [6, 6.07) is 0.